The normalized spacial score (nSPS) is 10.5. The Morgan fingerprint density at radius 1 is 0.818 bits per heavy atom. The highest BCUT2D eigenvalue weighted by atomic mass is 15.4. The maximum atomic E-state index is 6.07. The van der Waals surface area contributed by atoms with Crippen molar-refractivity contribution in [2.75, 3.05) is 11.5 Å². The zero-order chi connectivity index (χ0) is 15.4. The van der Waals surface area contributed by atoms with E-state index in [0.717, 1.165) is 46.6 Å². The lowest BCUT2D eigenvalue weighted by Gasteiger charge is -2.09. The molecule has 0 aliphatic carbocycles. The maximum absolute atomic E-state index is 6.07. The predicted octanol–water partition coefficient (Wildman–Crippen LogP) is 1.88. The number of aryl methyl sites for hydroxylation is 2. The van der Waals surface area contributed by atoms with Gasteiger partial charge in [0.1, 0.15) is 0 Å². The van der Waals surface area contributed by atoms with Gasteiger partial charge in [-0.3, -0.25) is 0 Å². The van der Waals surface area contributed by atoms with Gasteiger partial charge in [0.25, 0.3) is 0 Å². The SMILES string of the molecule is Nc1ccc(-c2ccc(N)c(CCc3cnnnn3)c2)cc1. The number of hydrogen-bond donors (Lipinski definition) is 2. The summed E-state index contributed by atoms with van der Waals surface area (Å²) in [6, 6.07) is 13.8. The van der Waals surface area contributed by atoms with Crippen LogP contribution in [0.4, 0.5) is 11.4 Å². The van der Waals surface area contributed by atoms with E-state index in [-0.39, 0.29) is 0 Å². The fraction of sp³-hybridized carbons (Fsp3) is 0.125. The zero-order valence-electron chi connectivity index (χ0n) is 12.0. The molecule has 6 nitrogen and oxygen atoms in total. The summed E-state index contributed by atoms with van der Waals surface area (Å²) in [5.74, 6) is 0. The van der Waals surface area contributed by atoms with Crippen molar-refractivity contribution in [1.29, 1.82) is 0 Å². The summed E-state index contributed by atoms with van der Waals surface area (Å²) >= 11 is 0. The van der Waals surface area contributed by atoms with E-state index >= 15 is 0 Å². The first kappa shape index (κ1) is 13.9. The largest absolute Gasteiger partial charge is 0.399 e. The molecule has 1 heterocycles. The quantitative estimate of drug-likeness (QED) is 0.712. The fourth-order valence-electron chi connectivity index (χ4n) is 2.27. The van der Waals surface area contributed by atoms with E-state index in [1.165, 1.54) is 0 Å². The standard InChI is InChI=1S/C16H16N6/c17-14-5-1-11(2-6-14)12-4-8-16(18)13(9-12)3-7-15-10-19-21-22-20-15/h1-2,4-6,8-10H,3,7,17-18H2. The summed E-state index contributed by atoms with van der Waals surface area (Å²) < 4.78 is 0. The van der Waals surface area contributed by atoms with Crippen molar-refractivity contribution in [2.24, 2.45) is 0 Å². The molecule has 2 aromatic carbocycles. The molecule has 6 heteroatoms. The Kier molecular flexibility index (Phi) is 3.91. The summed E-state index contributed by atoms with van der Waals surface area (Å²) in [7, 11) is 0. The lowest BCUT2D eigenvalue weighted by molar-refractivity contribution is 0.715. The Balaban J connectivity index is 1.82. The van der Waals surface area contributed by atoms with Crippen LogP contribution in [0.5, 0.6) is 0 Å². The van der Waals surface area contributed by atoms with E-state index in [1.54, 1.807) is 6.20 Å². The van der Waals surface area contributed by atoms with Crippen molar-refractivity contribution in [1.82, 2.24) is 20.6 Å². The number of anilines is 2. The number of hydrogen-bond acceptors (Lipinski definition) is 6. The molecule has 22 heavy (non-hydrogen) atoms. The summed E-state index contributed by atoms with van der Waals surface area (Å²) in [6.45, 7) is 0. The van der Waals surface area contributed by atoms with Gasteiger partial charge in [0.15, 0.2) is 0 Å². The molecule has 0 fully saturated rings. The third-order valence-electron chi connectivity index (χ3n) is 3.51. The zero-order valence-corrected chi connectivity index (χ0v) is 12.0. The summed E-state index contributed by atoms with van der Waals surface area (Å²) in [6.07, 6.45) is 3.11. The molecule has 1 aromatic heterocycles. The van der Waals surface area contributed by atoms with Gasteiger partial charge in [0.2, 0.25) is 0 Å². The predicted molar refractivity (Wildman–Crippen MR) is 85.7 cm³/mol. The smallest absolute Gasteiger partial charge is 0.0854 e. The highest BCUT2D eigenvalue weighted by Crippen LogP contribution is 2.25. The Morgan fingerprint density at radius 2 is 1.59 bits per heavy atom. The minimum Gasteiger partial charge on any atom is -0.399 e. The van der Waals surface area contributed by atoms with Crippen LogP contribution >= 0.6 is 0 Å². The van der Waals surface area contributed by atoms with Crippen LogP contribution in [0, 0.1) is 0 Å². The van der Waals surface area contributed by atoms with Gasteiger partial charge >= 0.3 is 0 Å². The molecule has 0 atom stereocenters. The van der Waals surface area contributed by atoms with Crippen LogP contribution in [0.25, 0.3) is 11.1 Å². The molecule has 0 aliphatic heterocycles. The van der Waals surface area contributed by atoms with E-state index in [4.69, 9.17) is 11.5 Å². The average Bonchev–Trinajstić information content (AvgIpc) is 2.56. The van der Waals surface area contributed by atoms with Crippen LogP contribution in [0.3, 0.4) is 0 Å². The Bertz CT molecular complexity index is 755. The minimum atomic E-state index is 0.720. The lowest BCUT2D eigenvalue weighted by atomic mass is 9.99. The second kappa shape index (κ2) is 6.17. The molecular formula is C16H16N6. The number of nitrogens with zero attached hydrogens (tertiary/aromatic N) is 4. The first-order valence-electron chi connectivity index (χ1n) is 6.96. The molecule has 110 valence electrons. The van der Waals surface area contributed by atoms with Gasteiger partial charge < -0.3 is 11.5 Å². The molecular weight excluding hydrogens is 276 g/mol. The van der Waals surface area contributed by atoms with Gasteiger partial charge in [-0.15, -0.1) is 10.2 Å². The molecule has 3 rings (SSSR count). The Morgan fingerprint density at radius 3 is 2.32 bits per heavy atom. The van der Waals surface area contributed by atoms with Crippen molar-refractivity contribution >= 4 is 11.4 Å². The van der Waals surface area contributed by atoms with E-state index < -0.39 is 0 Å². The summed E-state index contributed by atoms with van der Waals surface area (Å²) in [4.78, 5) is 0. The number of nitrogens with two attached hydrogens (primary N) is 2. The van der Waals surface area contributed by atoms with Crippen LogP contribution in [-0.4, -0.2) is 20.6 Å². The second-order valence-electron chi connectivity index (χ2n) is 5.05. The van der Waals surface area contributed by atoms with Crippen molar-refractivity contribution in [3.63, 3.8) is 0 Å². The monoisotopic (exact) mass is 292 g/mol. The van der Waals surface area contributed by atoms with Gasteiger partial charge in [-0.05, 0) is 64.2 Å². The topological polar surface area (TPSA) is 104 Å². The molecule has 0 saturated carbocycles. The number of benzene rings is 2. The molecule has 0 aliphatic rings. The number of nitrogen functional groups attached to an aromatic ring is 2. The molecule has 0 bridgehead atoms. The van der Waals surface area contributed by atoms with Crippen LogP contribution in [0.15, 0.2) is 48.7 Å². The molecule has 0 spiro atoms. The van der Waals surface area contributed by atoms with Crippen molar-refractivity contribution in [2.45, 2.75) is 12.8 Å². The highest BCUT2D eigenvalue weighted by Gasteiger charge is 2.05. The van der Waals surface area contributed by atoms with Gasteiger partial charge in [0, 0.05) is 11.4 Å². The fourth-order valence-corrected chi connectivity index (χ4v) is 2.27. The minimum absolute atomic E-state index is 0.720. The third-order valence-corrected chi connectivity index (χ3v) is 3.51. The van der Waals surface area contributed by atoms with Crippen LogP contribution < -0.4 is 11.5 Å². The van der Waals surface area contributed by atoms with Crippen LogP contribution in [-0.2, 0) is 12.8 Å². The van der Waals surface area contributed by atoms with E-state index in [9.17, 15) is 0 Å². The van der Waals surface area contributed by atoms with Gasteiger partial charge in [-0.2, -0.15) is 0 Å². The van der Waals surface area contributed by atoms with Crippen molar-refractivity contribution < 1.29 is 0 Å². The molecule has 3 aromatic rings. The lowest BCUT2D eigenvalue weighted by Crippen LogP contribution is -2.02. The molecule has 0 radical (unpaired) electrons. The molecule has 0 amide bonds. The maximum Gasteiger partial charge on any atom is 0.0854 e. The Labute approximate surface area is 128 Å². The number of aromatic nitrogens is 4. The van der Waals surface area contributed by atoms with Gasteiger partial charge in [0.05, 0.1) is 11.9 Å². The van der Waals surface area contributed by atoms with Crippen LogP contribution in [0.1, 0.15) is 11.3 Å². The van der Waals surface area contributed by atoms with Gasteiger partial charge in [-0.1, -0.05) is 18.2 Å². The Hall–Kier alpha value is -3.02. The first-order valence-corrected chi connectivity index (χ1v) is 6.96. The molecule has 0 unspecified atom stereocenters. The van der Waals surface area contributed by atoms with E-state index in [0.29, 0.717) is 0 Å². The molecule has 0 saturated heterocycles. The van der Waals surface area contributed by atoms with E-state index in [1.807, 2.05) is 36.4 Å². The van der Waals surface area contributed by atoms with Crippen molar-refractivity contribution in [3.8, 4) is 11.1 Å². The summed E-state index contributed by atoms with van der Waals surface area (Å²) in [5.41, 5.74) is 17.4. The second-order valence-corrected chi connectivity index (χ2v) is 5.05. The summed E-state index contributed by atoms with van der Waals surface area (Å²) in [5, 5.41) is 14.6. The third kappa shape index (κ3) is 3.17. The highest BCUT2D eigenvalue weighted by molar-refractivity contribution is 5.69. The van der Waals surface area contributed by atoms with E-state index in [2.05, 4.69) is 26.7 Å². The number of rotatable bonds is 4. The molecule has 4 N–H and O–H groups in total. The van der Waals surface area contributed by atoms with Crippen molar-refractivity contribution in [3.05, 3.63) is 59.9 Å². The van der Waals surface area contributed by atoms with Crippen LogP contribution in [0.2, 0.25) is 0 Å². The van der Waals surface area contributed by atoms with Gasteiger partial charge in [-0.25, -0.2) is 0 Å². The first-order chi connectivity index (χ1) is 10.7. The average molecular weight is 292 g/mol.